The number of sulfonamides is 1. The molecule has 5 heteroatoms. The smallest absolute Gasteiger partial charge is 0.240 e. The molecule has 114 valence electrons. The molecule has 0 bridgehead atoms. The molecule has 4 nitrogen and oxygen atoms in total. The maximum absolute atomic E-state index is 12.3. The third-order valence-electron chi connectivity index (χ3n) is 3.22. The summed E-state index contributed by atoms with van der Waals surface area (Å²) in [5, 5.41) is 0. The van der Waals surface area contributed by atoms with Crippen LogP contribution in [0.1, 0.15) is 45.6 Å². The Labute approximate surface area is 122 Å². The highest BCUT2D eigenvalue weighted by Gasteiger charge is 2.17. The Morgan fingerprint density at radius 2 is 1.90 bits per heavy atom. The first-order valence-corrected chi connectivity index (χ1v) is 8.65. The second-order valence-electron chi connectivity index (χ2n) is 5.70. The van der Waals surface area contributed by atoms with Crippen molar-refractivity contribution in [2.24, 2.45) is 11.7 Å². The van der Waals surface area contributed by atoms with Crippen LogP contribution in [-0.4, -0.2) is 14.5 Å². The Kier molecular flexibility index (Phi) is 6.65. The number of benzene rings is 1. The molecule has 0 spiro atoms. The van der Waals surface area contributed by atoms with Crippen LogP contribution in [0.15, 0.2) is 29.2 Å². The molecular weight excluding hydrogens is 272 g/mol. The molecule has 1 aromatic rings. The third kappa shape index (κ3) is 5.61. The summed E-state index contributed by atoms with van der Waals surface area (Å²) in [6, 6.07) is 6.72. The molecule has 1 unspecified atom stereocenters. The zero-order valence-corrected chi connectivity index (χ0v) is 13.4. The summed E-state index contributed by atoms with van der Waals surface area (Å²) >= 11 is 0. The minimum Gasteiger partial charge on any atom is -0.326 e. The summed E-state index contributed by atoms with van der Waals surface area (Å²) in [7, 11) is -3.45. The number of rotatable bonds is 8. The molecule has 1 aromatic carbocycles. The van der Waals surface area contributed by atoms with Crippen LogP contribution >= 0.6 is 0 Å². The summed E-state index contributed by atoms with van der Waals surface area (Å²) in [6.45, 7) is 6.60. The van der Waals surface area contributed by atoms with Crippen molar-refractivity contribution in [2.75, 3.05) is 0 Å². The van der Waals surface area contributed by atoms with Crippen LogP contribution in [0.5, 0.6) is 0 Å². The quantitative estimate of drug-likeness (QED) is 0.775. The van der Waals surface area contributed by atoms with Gasteiger partial charge in [-0.1, -0.05) is 38.8 Å². The zero-order valence-electron chi connectivity index (χ0n) is 12.6. The first kappa shape index (κ1) is 17.1. The monoisotopic (exact) mass is 298 g/mol. The molecule has 0 amide bonds. The minimum atomic E-state index is -3.45. The molecule has 0 fully saturated rings. The summed E-state index contributed by atoms with van der Waals surface area (Å²) < 4.78 is 27.2. The molecular formula is C15H26N2O2S. The van der Waals surface area contributed by atoms with Crippen LogP contribution in [0, 0.1) is 5.92 Å². The van der Waals surface area contributed by atoms with E-state index in [0.717, 1.165) is 24.8 Å². The van der Waals surface area contributed by atoms with Gasteiger partial charge in [0.2, 0.25) is 10.0 Å². The number of nitrogens with two attached hydrogens (primary N) is 1. The molecule has 0 heterocycles. The van der Waals surface area contributed by atoms with Gasteiger partial charge in [0.05, 0.1) is 4.90 Å². The van der Waals surface area contributed by atoms with E-state index in [2.05, 4.69) is 18.6 Å². The van der Waals surface area contributed by atoms with Crippen LogP contribution in [-0.2, 0) is 16.6 Å². The predicted molar refractivity (Wildman–Crippen MR) is 82.8 cm³/mol. The molecule has 0 saturated heterocycles. The van der Waals surface area contributed by atoms with Crippen molar-refractivity contribution in [2.45, 2.75) is 57.5 Å². The normalized spacial score (nSPS) is 13.7. The largest absolute Gasteiger partial charge is 0.326 e. The molecule has 0 aliphatic carbocycles. The van der Waals surface area contributed by atoms with Crippen LogP contribution in [0.4, 0.5) is 0 Å². The molecule has 0 aromatic heterocycles. The van der Waals surface area contributed by atoms with E-state index in [0.29, 0.717) is 12.5 Å². The summed E-state index contributed by atoms with van der Waals surface area (Å²) in [5.41, 5.74) is 6.36. The maximum Gasteiger partial charge on any atom is 0.240 e. The van der Waals surface area contributed by atoms with Crippen molar-refractivity contribution in [1.29, 1.82) is 0 Å². The van der Waals surface area contributed by atoms with E-state index in [4.69, 9.17) is 5.73 Å². The van der Waals surface area contributed by atoms with E-state index in [1.807, 2.05) is 13.0 Å². The van der Waals surface area contributed by atoms with Gasteiger partial charge >= 0.3 is 0 Å². The molecule has 3 N–H and O–H groups in total. The fraction of sp³-hybridized carbons (Fsp3) is 0.600. The average molecular weight is 298 g/mol. The van der Waals surface area contributed by atoms with Crippen LogP contribution in [0.3, 0.4) is 0 Å². The predicted octanol–water partition coefficient (Wildman–Crippen LogP) is 2.64. The fourth-order valence-corrected chi connectivity index (χ4v) is 3.41. The molecule has 1 rings (SSSR count). The molecule has 0 saturated carbocycles. The third-order valence-corrected chi connectivity index (χ3v) is 4.81. The van der Waals surface area contributed by atoms with Crippen molar-refractivity contribution in [1.82, 2.24) is 4.72 Å². The van der Waals surface area contributed by atoms with E-state index in [9.17, 15) is 8.42 Å². The molecule has 0 aliphatic rings. The lowest BCUT2D eigenvalue weighted by Crippen LogP contribution is -2.32. The number of hydrogen-bond donors (Lipinski definition) is 2. The highest BCUT2D eigenvalue weighted by Crippen LogP contribution is 2.14. The molecule has 0 aliphatic heterocycles. The Balaban J connectivity index is 2.64. The fourth-order valence-electron chi connectivity index (χ4n) is 2.06. The first-order chi connectivity index (χ1) is 9.35. The van der Waals surface area contributed by atoms with Gasteiger partial charge in [0.1, 0.15) is 0 Å². The van der Waals surface area contributed by atoms with Crippen LogP contribution in [0.25, 0.3) is 0 Å². The lowest BCUT2D eigenvalue weighted by molar-refractivity contribution is 0.488. The van der Waals surface area contributed by atoms with E-state index in [-0.39, 0.29) is 10.9 Å². The number of hydrogen-bond acceptors (Lipinski definition) is 3. The van der Waals surface area contributed by atoms with Gasteiger partial charge in [0.25, 0.3) is 0 Å². The topological polar surface area (TPSA) is 72.2 Å². The van der Waals surface area contributed by atoms with Crippen LogP contribution < -0.4 is 10.5 Å². The SMILES string of the molecule is CC(C)CCCC(C)NS(=O)(=O)c1cccc(CN)c1. The van der Waals surface area contributed by atoms with Gasteiger partial charge in [-0.25, -0.2) is 13.1 Å². The highest BCUT2D eigenvalue weighted by atomic mass is 32.2. The Hall–Kier alpha value is -0.910. The lowest BCUT2D eigenvalue weighted by atomic mass is 10.0. The van der Waals surface area contributed by atoms with Crippen molar-refractivity contribution in [3.8, 4) is 0 Å². The first-order valence-electron chi connectivity index (χ1n) is 7.16. The minimum absolute atomic E-state index is 0.0553. The second-order valence-corrected chi connectivity index (χ2v) is 7.41. The van der Waals surface area contributed by atoms with Crippen molar-refractivity contribution >= 4 is 10.0 Å². The standard InChI is InChI=1S/C15H26N2O2S/c1-12(2)6-4-7-13(3)17-20(18,19)15-9-5-8-14(10-15)11-16/h5,8-10,12-13,17H,4,6-7,11,16H2,1-3H3. The summed E-state index contributed by atoms with van der Waals surface area (Å²) in [6.07, 6.45) is 3.01. The van der Waals surface area contributed by atoms with E-state index < -0.39 is 10.0 Å². The molecule has 0 radical (unpaired) electrons. The van der Waals surface area contributed by atoms with Crippen molar-refractivity contribution in [3.63, 3.8) is 0 Å². The maximum atomic E-state index is 12.3. The van der Waals surface area contributed by atoms with E-state index in [1.54, 1.807) is 18.2 Å². The average Bonchev–Trinajstić information content (AvgIpc) is 2.37. The van der Waals surface area contributed by atoms with Crippen LogP contribution in [0.2, 0.25) is 0 Å². The van der Waals surface area contributed by atoms with Gasteiger partial charge in [0.15, 0.2) is 0 Å². The van der Waals surface area contributed by atoms with Gasteiger partial charge in [-0.2, -0.15) is 0 Å². The zero-order chi connectivity index (χ0) is 15.2. The van der Waals surface area contributed by atoms with Crippen molar-refractivity contribution < 1.29 is 8.42 Å². The van der Waals surface area contributed by atoms with Gasteiger partial charge in [-0.05, 0) is 37.0 Å². The Bertz CT molecular complexity index is 512. The molecule has 20 heavy (non-hydrogen) atoms. The molecule has 1 atom stereocenters. The lowest BCUT2D eigenvalue weighted by Gasteiger charge is -2.15. The van der Waals surface area contributed by atoms with Crippen molar-refractivity contribution in [3.05, 3.63) is 29.8 Å². The second kappa shape index (κ2) is 7.76. The summed E-state index contributed by atoms with van der Waals surface area (Å²) in [5.74, 6) is 0.653. The van der Waals surface area contributed by atoms with Gasteiger partial charge in [-0.3, -0.25) is 0 Å². The Morgan fingerprint density at radius 1 is 1.20 bits per heavy atom. The Morgan fingerprint density at radius 3 is 2.50 bits per heavy atom. The number of nitrogens with one attached hydrogen (secondary N) is 1. The summed E-state index contributed by atoms with van der Waals surface area (Å²) in [4.78, 5) is 0.288. The van der Waals surface area contributed by atoms with E-state index >= 15 is 0 Å². The van der Waals surface area contributed by atoms with Gasteiger partial charge in [0, 0.05) is 12.6 Å². The highest BCUT2D eigenvalue weighted by molar-refractivity contribution is 7.89. The van der Waals surface area contributed by atoms with E-state index in [1.165, 1.54) is 0 Å². The van der Waals surface area contributed by atoms with Gasteiger partial charge in [-0.15, -0.1) is 0 Å². The van der Waals surface area contributed by atoms with Gasteiger partial charge < -0.3 is 5.73 Å².